The lowest BCUT2D eigenvalue weighted by Crippen LogP contribution is -2.46. The first-order valence-electron chi connectivity index (χ1n) is 6.54. The van der Waals surface area contributed by atoms with E-state index in [0.717, 1.165) is 17.0 Å². The van der Waals surface area contributed by atoms with Crippen LogP contribution in [0.15, 0.2) is 0 Å². The highest BCUT2D eigenvalue weighted by atomic mass is 28.3. The van der Waals surface area contributed by atoms with E-state index in [1.165, 1.54) is 25.3 Å². The second-order valence-corrected chi connectivity index (χ2v) is 11.4. The molecule has 1 rings (SSSR count). The minimum Gasteiger partial charge on any atom is -0.412 e. The fourth-order valence-electron chi connectivity index (χ4n) is 3.85. The molecule has 0 radical (unpaired) electrons. The Labute approximate surface area is 97.0 Å². The smallest absolute Gasteiger partial charge is 0.0592 e. The highest BCUT2D eigenvalue weighted by Gasteiger charge is 2.44. The lowest BCUT2D eigenvalue weighted by molar-refractivity contribution is 0.479. The van der Waals surface area contributed by atoms with E-state index in [-0.39, 0.29) is 5.48 Å². The van der Waals surface area contributed by atoms with Crippen LogP contribution in [-0.4, -0.2) is 13.6 Å². The summed E-state index contributed by atoms with van der Waals surface area (Å²) in [5.74, 6) is 0.935. The minimum absolute atomic E-state index is 0. The monoisotopic (exact) mass is 230 g/mol. The molecule has 1 nitrogen and oxygen atoms in total. The summed E-state index contributed by atoms with van der Waals surface area (Å²) in [7, 11) is -0.927. The quantitative estimate of drug-likeness (QED) is 0.649. The fraction of sp³-hybridized carbons (Fsp3) is 1.00. The third-order valence-corrected chi connectivity index (χ3v) is 12.1. The molecule has 15 heavy (non-hydrogen) atoms. The second-order valence-electron chi connectivity index (χ2n) is 5.84. The Bertz CT molecular complexity index is 179. The molecule has 1 aliphatic heterocycles. The van der Waals surface area contributed by atoms with Gasteiger partial charge >= 0.3 is 0 Å². The molecule has 0 amide bonds. The molecule has 1 heterocycles. The molecule has 0 aromatic rings. The van der Waals surface area contributed by atoms with E-state index in [9.17, 15) is 0 Å². The van der Waals surface area contributed by atoms with Gasteiger partial charge in [0, 0.05) is 0 Å². The Kier molecular flexibility index (Phi) is 6.12. The molecule has 0 spiro atoms. The molecule has 0 aliphatic carbocycles. The number of hydrogen-bond acceptors (Lipinski definition) is 0. The molecular formula is C13H30OSi. The van der Waals surface area contributed by atoms with Crippen molar-refractivity contribution in [3.8, 4) is 0 Å². The van der Waals surface area contributed by atoms with Crippen molar-refractivity contribution in [3.63, 3.8) is 0 Å². The van der Waals surface area contributed by atoms with Gasteiger partial charge in [-0.1, -0.05) is 71.5 Å². The lowest BCUT2D eigenvalue weighted by atomic mass is 10.0. The van der Waals surface area contributed by atoms with Crippen LogP contribution in [0.4, 0.5) is 0 Å². The molecule has 0 aromatic carbocycles. The fourth-order valence-corrected chi connectivity index (χ4v) is 10.4. The molecule has 1 saturated heterocycles. The third-order valence-electron chi connectivity index (χ3n) is 4.76. The highest BCUT2D eigenvalue weighted by molar-refractivity contribution is 6.82. The summed E-state index contributed by atoms with van der Waals surface area (Å²) in [6, 6.07) is 3.14. The highest BCUT2D eigenvalue weighted by Crippen LogP contribution is 2.50. The zero-order chi connectivity index (χ0) is 10.8. The van der Waals surface area contributed by atoms with Crippen molar-refractivity contribution in [3.05, 3.63) is 0 Å². The van der Waals surface area contributed by atoms with Gasteiger partial charge in [0.25, 0.3) is 0 Å². The Balaban J connectivity index is 0.00000196. The Morgan fingerprint density at radius 1 is 1.13 bits per heavy atom. The lowest BCUT2D eigenvalue weighted by Gasteiger charge is -2.47. The summed E-state index contributed by atoms with van der Waals surface area (Å²) >= 11 is 0. The van der Waals surface area contributed by atoms with E-state index in [1.54, 1.807) is 6.04 Å². The summed E-state index contributed by atoms with van der Waals surface area (Å²) in [4.78, 5) is 0. The molecule has 0 saturated carbocycles. The summed E-state index contributed by atoms with van der Waals surface area (Å²) < 4.78 is 0. The standard InChI is InChI=1S/C13H28Si.H2O/c1-6-14(12(4)5)10-8-7-9-13(14)11(2)3;/h11-13H,6-10H2,1-5H3;1H2. The van der Waals surface area contributed by atoms with E-state index in [0.29, 0.717) is 0 Å². The SMILES string of the molecule is CC[Si]1(C(C)C)CCCCC1C(C)C.O. The zero-order valence-electron chi connectivity index (χ0n) is 11.3. The second kappa shape index (κ2) is 6.05. The Morgan fingerprint density at radius 3 is 2.07 bits per heavy atom. The van der Waals surface area contributed by atoms with E-state index in [4.69, 9.17) is 0 Å². The van der Waals surface area contributed by atoms with Gasteiger partial charge in [-0.05, 0) is 11.5 Å². The van der Waals surface area contributed by atoms with E-state index in [2.05, 4.69) is 34.6 Å². The predicted octanol–water partition coefficient (Wildman–Crippen LogP) is 4.25. The molecule has 92 valence electrons. The van der Waals surface area contributed by atoms with Crippen molar-refractivity contribution in [1.29, 1.82) is 0 Å². The third kappa shape index (κ3) is 2.85. The van der Waals surface area contributed by atoms with E-state index < -0.39 is 8.07 Å². The first-order chi connectivity index (χ1) is 6.54. The Hall–Kier alpha value is 0.177. The molecular weight excluding hydrogens is 200 g/mol. The minimum atomic E-state index is -0.927. The van der Waals surface area contributed by atoms with Crippen LogP contribution in [0.2, 0.25) is 23.2 Å². The largest absolute Gasteiger partial charge is 0.412 e. The van der Waals surface area contributed by atoms with Crippen LogP contribution in [0.1, 0.15) is 53.9 Å². The Morgan fingerprint density at radius 2 is 1.73 bits per heavy atom. The molecule has 1 fully saturated rings. The van der Waals surface area contributed by atoms with Gasteiger partial charge in [0.1, 0.15) is 0 Å². The molecule has 2 unspecified atom stereocenters. The van der Waals surface area contributed by atoms with Gasteiger partial charge in [-0.3, -0.25) is 0 Å². The van der Waals surface area contributed by atoms with Crippen molar-refractivity contribution in [2.45, 2.75) is 77.1 Å². The summed E-state index contributed by atoms with van der Waals surface area (Å²) in [5, 5.41) is 0. The van der Waals surface area contributed by atoms with Gasteiger partial charge in [-0.2, -0.15) is 0 Å². The summed E-state index contributed by atoms with van der Waals surface area (Å²) in [6.07, 6.45) is 4.57. The van der Waals surface area contributed by atoms with Crippen LogP contribution in [0.3, 0.4) is 0 Å². The normalized spacial score (nSPS) is 31.8. The maximum Gasteiger partial charge on any atom is 0.0592 e. The van der Waals surface area contributed by atoms with Crippen molar-refractivity contribution in [2.75, 3.05) is 0 Å². The van der Waals surface area contributed by atoms with Gasteiger partial charge in [0.2, 0.25) is 0 Å². The van der Waals surface area contributed by atoms with Gasteiger partial charge in [0.05, 0.1) is 8.07 Å². The molecule has 2 atom stereocenters. The van der Waals surface area contributed by atoms with Gasteiger partial charge < -0.3 is 5.48 Å². The van der Waals surface area contributed by atoms with Crippen LogP contribution in [0, 0.1) is 5.92 Å². The first kappa shape index (κ1) is 15.2. The molecule has 2 heteroatoms. The summed E-state index contributed by atoms with van der Waals surface area (Å²) in [5.41, 5.74) is 2.11. The van der Waals surface area contributed by atoms with Crippen molar-refractivity contribution in [2.24, 2.45) is 5.92 Å². The van der Waals surface area contributed by atoms with Crippen LogP contribution >= 0.6 is 0 Å². The van der Waals surface area contributed by atoms with Crippen molar-refractivity contribution >= 4 is 8.07 Å². The van der Waals surface area contributed by atoms with Crippen LogP contribution < -0.4 is 0 Å². The first-order valence-corrected chi connectivity index (χ1v) is 9.11. The van der Waals surface area contributed by atoms with Crippen molar-refractivity contribution < 1.29 is 5.48 Å². The topological polar surface area (TPSA) is 31.5 Å². The number of rotatable bonds is 3. The average Bonchev–Trinajstić information content (AvgIpc) is 2.17. The van der Waals surface area contributed by atoms with Gasteiger partial charge in [-0.25, -0.2) is 0 Å². The van der Waals surface area contributed by atoms with Gasteiger partial charge in [-0.15, -0.1) is 0 Å². The molecule has 0 aromatic heterocycles. The molecule has 1 aliphatic rings. The zero-order valence-corrected chi connectivity index (χ0v) is 12.3. The van der Waals surface area contributed by atoms with E-state index in [1.807, 2.05) is 0 Å². The number of hydrogen-bond donors (Lipinski definition) is 0. The molecule has 2 N–H and O–H groups in total. The van der Waals surface area contributed by atoms with Crippen LogP contribution in [0.5, 0.6) is 0 Å². The van der Waals surface area contributed by atoms with Crippen LogP contribution in [-0.2, 0) is 0 Å². The maximum absolute atomic E-state index is 2.50. The average molecular weight is 230 g/mol. The van der Waals surface area contributed by atoms with Gasteiger partial charge in [0.15, 0.2) is 0 Å². The predicted molar refractivity (Wildman–Crippen MR) is 72.2 cm³/mol. The van der Waals surface area contributed by atoms with Crippen LogP contribution in [0.25, 0.3) is 0 Å². The van der Waals surface area contributed by atoms with E-state index >= 15 is 0 Å². The maximum atomic E-state index is 2.50. The molecule has 0 bridgehead atoms. The van der Waals surface area contributed by atoms with Crippen molar-refractivity contribution in [1.82, 2.24) is 0 Å². The summed E-state index contributed by atoms with van der Waals surface area (Å²) in [6.45, 7) is 12.4.